The Balaban J connectivity index is 1.43. The summed E-state index contributed by atoms with van der Waals surface area (Å²) in [5.41, 5.74) is 9.08. The second-order valence-electron chi connectivity index (χ2n) is 16.1. The summed E-state index contributed by atoms with van der Waals surface area (Å²) in [5, 5.41) is 29.7. The van der Waals surface area contributed by atoms with Gasteiger partial charge >= 0.3 is 17.9 Å². The minimum Gasteiger partial charge on any atom is -0.493 e. The van der Waals surface area contributed by atoms with Crippen molar-refractivity contribution >= 4 is 17.9 Å². The number of carboxylic acids is 3. The molecule has 6 aromatic rings. The van der Waals surface area contributed by atoms with Crippen LogP contribution in [-0.2, 0) is 53.9 Å². The molecule has 0 saturated carbocycles. The third-order valence-electron chi connectivity index (χ3n) is 11.0. The number of carbonyl (C=O) groups is 3. The minimum atomic E-state index is -1.04. The zero-order valence-electron chi connectivity index (χ0n) is 37.4. The Bertz CT molecular complexity index is 2340. The normalized spacial score (nSPS) is 13.0. The van der Waals surface area contributed by atoms with Crippen LogP contribution >= 0.6 is 0 Å². The zero-order valence-corrected chi connectivity index (χ0v) is 37.4. The molecule has 6 aromatic carbocycles. The first-order chi connectivity index (χ1) is 32.1. The van der Waals surface area contributed by atoms with Gasteiger partial charge in [-0.25, -0.2) is 14.4 Å². The topological polar surface area (TPSA) is 167 Å². The molecule has 3 N–H and O–H groups in total. The molecule has 66 heavy (non-hydrogen) atoms. The third kappa shape index (κ3) is 11.4. The van der Waals surface area contributed by atoms with Crippen molar-refractivity contribution < 1.29 is 58.1 Å². The Hall–Kier alpha value is -6.99. The molecule has 1 aliphatic rings. The predicted molar refractivity (Wildman–Crippen MR) is 249 cm³/mol. The number of aromatic carboxylic acids is 3. The fourth-order valence-corrected chi connectivity index (χ4v) is 7.88. The predicted octanol–water partition coefficient (Wildman–Crippen LogP) is 11.6. The minimum absolute atomic E-state index is 0.103. The van der Waals surface area contributed by atoms with Crippen molar-refractivity contribution in [2.75, 3.05) is 19.8 Å². The maximum absolute atomic E-state index is 12.1. The monoisotopic (exact) mass is 894 g/mol. The fourth-order valence-electron chi connectivity index (χ4n) is 7.88. The number of rotatable bonds is 15. The lowest BCUT2D eigenvalue weighted by molar-refractivity contribution is 0.0686. The quantitative estimate of drug-likeness (QED) is 0.0894. The van der Waals surface area contributed by atoms with Crippen molar-refractivity contribution in [3.05, 3.63) is 159 Å². The average molecular weight is 895 g/mol. The van der Waals surface area contributed by atoms with Crippen LogP contribution in [0.5, 0.6) is 17.2 Å². The molecule has 0 aromatic heterocycles. The molecule has 342 valence electrons. The summed E-state index contributed by atoms with van der Waals surface area (Å²) in [7, 11) is 0. The second kappa shape index (κ2) is 22.3. The Morgan fingerprint density at radius 3 is 0.848 bits per heavy atom. The van der Waals surface area contributed by atoms with Crippen LogP contribution in [0.2, 0.25) is 0 Å². The lowest BCUT2D eigenvalue weighted by atomic mass is 9.96. The smallest absolute Gasteiger partial charge is 0.335 e. The van der Waals surface area contributed by atoms with Gasteiger partial charge in [-0.2, -0.15) is 0 Å². The van der Waals surface area contributed by atoms with E-state index in [2.05, 4.69) is 0 Å². The van der Waals surface area contributed by atoms with E-state index in [1.54, 1.807) is 54.6 Å². The van der Waals surface area contributed by atoms with Crippen LogP contribution in [0, 0.1) is 0 Å². The number of benzene rings is 6. The van der Waals surface area contributed by atoms with Crippen LogP contribution in [0.1, 0.15) is 104 Å². The van der Waals surface area contributed by atoms with Crippen molar-refractivity contribution in [1.82, 2.24) is 0 Å². The largest absolute Gasteiger partial charge is 0.493 e. The van der Waals surface area contributed by atoms with E-state index in [0.717, 1.165) is 69.3 Å². The van der Waals surface area contributed by atoms with E-state index in [1.165, 1.54) is 0 Å². The zero-order chi connectivity index (χ0) is 46.6. The SMILES string of the molecule is CCCOc1c2cc(-c3cccc(C(=O)O)c3)cc1COCc1cc(-c3cccc(C(=O)O)c3)cc(c1OCCC)COCc1cc(-c3cccc(C(=O)O)c3)cc(c1OCCC)COC2. The number of hydrogen-bond donors (Lipinski definition) is 3. The molecule has 0 radical (unpaired) electrons. The highest BCUT2D eigenvalue weighted by molar-refractivity contribution is 5.91. The Morgan fingerprint density at radius 2 is 0.636 bits per heavy atom. The van der Waals surface area contributed by atoms with Crippen molar-refractivity contribution in [3.63, 3.8) is 0 Å². The van der Waals surface area contributed by atoms with Gasteiger partial charge in [0.15, 0.2) is 0 Å². The van der Waals surface area contributed by atoms with E-state index in [9.17, 15) is 29.7 Å². The van der Waals surface area contributed by atoms with E-state index in [-0.39, 0.29) is 56.3 Å². The highest BCUT2D eigenvalue weighted by Crippen LogP contribution is 2.38. The van der Waals surface area contributed by atoms with Gasteiger partial charge < -0.3 is 43.7 Å². The van der Waals surface area contributed by atoms with E-state index < -0.39 is 17.9 Å². The van der Waals surface area contributed by atoms with Crippen molar-refractivity contribution in [3.8, 4) is 50.6 Å². The van der Waals surface area contributed by atoms with Gasteiger partial charge in [-0.1, -0.05) is 57.2 Å². The number of hydrogen-bond acceptors (Lipinski definition) is 9. The molecule has 12 nitrogen and oxygen atoms in total. The molecule has 6 bridgehead atoms. The van der Waals surface area contributed by atoms with Gasteiger partial charge in [0.25, 0.3) is 0 Å². The molecule has 0 amide bonds. The first-order valence-corrected chi connectivity index (χ1v) is 22.2. The molecule has 0 aliphatic carbocycles. The van der Waals surface area contributed by atoms with Crippen LogP contribution in [0.25, 0.3) is 33.4 Å². The van der Waals surface area contributed by atoms with Gasteiger partial charge in [-0.15, -0.1) is 0 Å². The fraction of sp³-hybridized carbons (Fsp3) is 0.278. The van der Waals surface area contributed by atoms with Gasteiger partial charge in [0.1, 0.15) is 17.2 Å². The summed E-state index contributed by atoms with van der Waals surface area (Å²) in [6.07, 6.45) is 2.20. The molecule has 0 fully saturated rings. The van der Waals surface area contributed by atoms with E-state index in [4.69, 9.17) is 28.4 Å². The summed E-state index contributed by atoms with van der Waals surface area (Å²) < 4.78 is 39.2. The standard InChI is InChI=1S/C54H54O12/c1-4-16-64-49-43-22-40(34-10-7-13-37(19-34)52(55)56)23-44(49)29-62-31-46-25-42(36-12-9-15-39(21-36)54(59)60)27-48(51(46)66-18-6-3)33-63-32-47-26-41(35-11-8-14-38(20-35)53(57)58)24-45(30-61-28-43)50(47)65-17-5-2/h7-15,19-27H,4-6,16-18,28-33H2,1-3H3,(H,55,56)(H,57,58)(H,59,60). The summed E-state index contributed by atoms with van der Waals surface area (Å²) >= 11 is 0. The first-order valence-electron chi connectivity index (χ1n) is 22.2. The Labute approximate surface area is 384 Å². The summed E-state index contributed by atoms with van der Waals surface area (Å²) in [4.78, 5) is 36.3. The Kier molecular flexibility index (Phi) is 15.9. The van der Waals surface area contributed by atoms with Gasteiger partial charge in [0.05, 0.1) is 76.2 Å². The molecule has 12 heteroatoms. The molecule has 1 aliphatic heterocycles. The second-order valence-corrected chi connectivity index (χ2v) is 16.1. The van der Waals surface area contributed by atoms with E-state index in [0.29, 0.717) is 53.8 Å². The van der Waals surface area contributed by atoms with Crippen molar-refractivity contribution in [1.29, 1.82) is 0 Å². The van der Waals surface area contributed by atoms with Crippen LogP contribution in [0.15, 0.2) is 109 Å². The summed E-state index contributed by atoms with van der Waals surface area (Å²) in [5.74, 6) is -1.35. The van der Waals surface area contributed by atoms with Gasteiger partial charge in [-0.05, 0) is 125 Å². The third-order valence-corrected chi connectivity index (χ3v) is 11.0. The van der Waals surface area contributed by atoms with Crippen LogP contribution in [0.3, 0.4) is 0 Å². The number of ether oxygens (including phenoxy) is 6. The molecule has 0 spiro atoms. The maximum Gasteiger partial charge on any atom is 0.335 e. The lowest BCUT2D eigenvalue weighted by Gasteiger charge is -2.22. The molecule has 0 saturated heterocycles. The summed E-state index contributed by atoms with van der Waals surface area (Å²) in [6, 6.07) is 32.0. The Morgan fingerprint density at radius 1 is 0.394 bits per heavy atom. The van der Waals surface area contributed by atoms with E-state index >= 15 is 0 Å². The summed E-state index contributed by atoms with van der Waals surface area (Å²) in [6.45, 7) is 7.94. The van der Waals surface area contributed by atoms with Crippen molar-refractivity contribution in [2.45, 2.75) is 79.7 Å². The number of fused-ring (bicyclic) bond motifs is 6. The van der Waals surface area contributed by atoms with E-state index in [1.807, 2.05) is 75.4 Å². The highest BCUT2D eigenvalue weighted by atomic mass is 16.5. The van der Waals surface area contributed by atoms with Gasteiger partial charge in [0, 0.05) is 33.4 Å². The van der Waals surface area contributed by atoms with Crippen LogP contribution in [-0.4, -0.2) is 53.0 Å². The first kappa shape index (κ1) is 47.0. The molecule has 7 rings (SSSR count). The van der Waals surface area contributed by atoms with Gasteiger partial charge in [0.2, 0.25) is 0 Å². The molecule has 0 unspecified atom stereocenters. The highest BCUT2D eigenvalue weighted by Gasteiger charge is 2.21. The average Bonchev–Trinajstić information content (AvgIpc) is 3.32. The maximum atomic E-state index is 12.1. The van der Waals surface area contributed by atoms with Crippen LogP contribution in [0.4, 0.5) is 0 Å². The van der Waals surface area contributed by atoms with Gasteiger partial charge in [-0.3, -0.25) is 0 Å². The molecule has 0 atom stereocenters. The van der Waals surface area contributed by atoms with Crippen molar-refractivity contribution in [2.24, 2.45) is 0 Å². The van der Waals surface area contributed by atoms with Crippen LogP contribution < -0.4 is 14.2 Å². The lowest BCUT2D eigenvalue weighted by Crippen LogP contribution is -2.10. The molecular weight excluding hydrogens is 841 g/mol. The molecular formula is C54H54O12. The molecule has 1 heterocycles. The number of carboxylic acid groups (broad SMARTS) is 3.